The zero-order chi connectivity index (χ0) is 13.9. The van der Waals surface area contributed by atoms with E-state index in [4.69, 9.17) is 0 Å². The van der Waals surface area contributed by atoms with Crippen LogP contribution in [-0.2, 0) is 0 Å². The van der Waals surface area contributed by atoms with E-state index in [0.29, 0.717) is 11.8 Å². The topological polar surface area (TPSA) is 0 Å². The third kappa shape index (κ3) is 1.54. The van der Waals surface area contributed by atoms with Gasteiger partial charge in [-0.1, -0.05) is 75.4 Å². The molecule has 0 bridgehead atoms. The molecule has 2 atom stereocenters. The quantitative estimate of drug-likeness (QED) is 0.589. The summed E-state index contributed by atoms with van der Waals surface area (Å²) in [6.07, 6.45) is 14.1. The maximum atomic E-state index is 2.39. The highest BCUT2D eigenvalue weighted by Gasteiger charge is 2.36. The van der Waals surface area contributed by atoms with Crippen molar-refractivity contribution in [2.75, 3.05) is 0 Å². The average molecular weight is 260 g/mol. The Bertz CT molecular complexity index is 702. The average Bonchev–Trinajstić information content (AvgIpc) is 2.43. The van der Waals surface area contributed by atoms with Crippen LogP contribution < -0.4 is 0 Å². The van der Waals surface area contributed by atoms with Gasteiger partial charge in [0.1, 0.15) is 0 Å². The number of allylic oxidation sites excluding steroid dienone is 6. The minimum absolute atomic E-state index is 0.203. The summed E-state index contributed by atoms with van der Waals surface area (Å²) in [5.74, 6) is 1.05. The van der Waals surface area contributed by atoms with E-state index in [-0.39, 0.29) is 5.41 Å². The predicted molar refractivity (Wildman–Crippen MR) is 86.4 cm³/mol. The molecule has 2 unspecified atom stereocenters. The highest BCUT2D eigenvalue weighted by molar-refractivity contribution is 5.75. The van der Waals surface area contributed by atoms with Gasteiger partial charge in [0.25, 0.3) is 0 Å². The van der Waals surface area contributed by atoms with Crippen molar-refractivity contribution in [1.29, 1.82) is 0 Å². The summed E-state index contributed by atoms with van der Waals surface area (Å²) < 4.78 is 0. The van der Waals surface area contributed by atoms with Gasteiger partial charge < -0.3 is 0 Å². The van der Waals surface area contributed by atoms with E-state index in [1.165, 1.54) is 27.8 Å². The molecule has 3 aliphatic carbocycles. The van der Waals surface area contributed by atoms with E-state index in [0.717, 1.165) is 0 Å². The molecule has 0 amide bonds. The van der Waals surface area contributed by atoms with Crippen molar-refractivity contribution in [2.24, 2.45) is 11.3 Å². The maximum Gasteiger partial charge on any atom is 0.0202 e. The molecule has 0 saturated carbocycles. The molecule has 1 aromatic rings. The molecule has 0 heteroatoms. The molecule has 4 rings (SSSR count). The van der Waals surface area contributed by atoms with Crippen molar-refractivity contribution in [3.63, 3.8) is 0 Å². The lowest BCUT2D eigenvalue weighted by Crippen LogP contribution is -2.25. The fourth-order valence-electron chi connectivity index (χ4n) is 3.84. The molecule has 0 saturated heterocycles. The van der Waals surface area contributed by atoms with Crippen molar-refractivity contribution in [1.82, 2.24) is 0 Å². The fraction of sp³-hybridized carbons (Fsp3) is 0.300. The molecule has 100 valence electrons. The number of hydrogen-bond donors (Lipinski definition) is 0. The summed E-state index contributed by atoms with van der Waals surface area (Å²) in [6.45, 7) is 6.94. The third-order valence-electron chi connectivity index (χ3n) is 4.75. The molecular formula is C20H20. The lowest BCUT2D eigenvalue weighted by Gasteiger charge is -2.39. The van der Waals surface area contributed by atoms with E-state index in [1.807, 2.05) is 0 Å². The third-order valence-corrected chi connectivity index (χ3v) is 4.75. The molecule has 1 aromatic carbocycles. The molecule has 0 spiro atoms. The van der Waals surface area contributed by atoms with Crippen molar-refractivity contribution >= 4 is 12.2 Å². The summed E-state index contributed by atoms with van der Waals surface area (Å²) in [7, 11) is 0. The Balaban J connectivity index is 2.02. The van der Waals surface area contributed by atoms with Gasteiger partial charge in [0.15, 0.2) is 0 Å². The fourth-order valence-corrected chi connectivity index (χ4v) is 3.84. The molecule has 0 N–H and O–H groups in total. The normalized spacial score (nSPS) is 25.9. The van der Waals surface area contributed by atoms with Crippen LogP contribution in [0, 0.1) is 11.3 Å². The zero-order valence-electron chi connectivity index (χ0n) is 12.4. The first-order valence-corrected chi connectivity index (χ1v) is 7.48. The van der Waals surface area contributed by atoms with E-state index < -0.39 is 0 Å². The number of benzene rings is 1. The van der Waals surface area contributed by atoms with Gasteiger partial charge in [0, 0.05) is 11.8 Å². The predicted octanol–water partition coefficient (Wildman–Crippen LogP) is 5.35. The van der Waals surface area contributed by atoms with Gasteiger partial charge in [-0.2, -0.15) is 0 Å². The Kier molecular flexibility index (Phi) is 2.30. The zero-order valence-corrected chi connectivity index (χ0v) is 12.4. The molecule has 3 aliphatic rings. The van der Waals surface area contributed by atoms with Crippen LogP contribution in [-0.4, -0.2) is 0 Å². The highest BCUT2D eigenvalue weighted by Crippen LogP contribution is 2.50. The Morgan fingerprint density at radius 3 is 2.30 bits per heavy atom. The van der Waals surface area contributed by atoms with Crippen LogP contribution in [0.3, 0.4) is 0 Å². The van der Waals surface area contributed by atoms with Gasteiger partial charge in [0.05, 0.1) is 0 Å². The van der Waals surface area contributed by atoms with Gasteiger partial charge >= 0.3 is 0 Å². The van der Waals surface area contributed by atoms with Crippen LogP contribution >= 0.6 is 0 Å². The molecule has 0 fully saturated rings. The Labute approximate surface area is 121 Å². The standard InChI is InChI=1S/C20H20/c1-20(2,3)17-12-10-15-8-7-13-5-4-6-14-9-11-16(17)19(15)18(13)14/h4-12,15,19H,1-3H3. The molecule has 0 aliphatic heterocycles. The lowest BCUT2D eigenvalue weighted by atomic mass is 9.64. The molecular weight excluding hydrogens is 240 g/mol. The second kappa shape index (κ2) is 3.85. The van der Waals surface area contributed by atoms with Gasteiger partial charge in [-0.15, -0.1) is 0 Å². The van der Waals surface area contributed by atoms with Crippen molar-refractivity contribution in [3.05, 3.63) is 70.3 Å². The van der Waals surface area contributed by atoms with E-state index in [9.17, 15) is 0 Å². The van der Waals surface area contributed by atoms with E-state index in [1.54, 1.807) is 0 Å². The van der Waals surface area contributed by atoms with Crippen LogP contribution in [0.15, 0.2) is 53.6 Å². The lowest BCUT2D eigenvalue weighted by molar-refractivity contribution is 0.496. The van der Waals surface area contributed by atoms with Crippen LogP contribution in [0.4, 0.5) is 0 Å². The summed E-state index contributed by atoms with van der Waals surface area (Å²) in [5, 5.41) is 0. The van der Waals surface area contributed by atoms with Crippen LogP contribution in [0.25, 0.3) is 12.2 Å². The maximum absolute atomic E-state index is 2.39. The summed E-state index contributed by atoms with van der Waals surface area (Å²) >= 11 is 0. The largest absolute Gasteiger partial charge is 0.0764 e. The van der Waals surface area contributed by atoms with Gasteiger partial charge in [0.2, 0.25) is 0 Å². The molecule has 0 nitrogen and oxygen atoms in total. The van der Waals surface area contributed by atoms with Gasteiger partial charge in [-0.3, -0.25) is 0 Å². The van der Waals surface area contributed by atoms with Gasteiger partial charge in [-0.05, 0) is 33.3 Å². The second-order valence-corrected chi connectivity index (χ2v) is 7.08. The molecule has 0 aromatic heterocycles. The summed E-state index contributed by atoms with van der Waals surface area (Å²) in [6, 6.07) is 6.66. The smallest absolute Gasteiger partial charge is 0.0202 e. The van der Waals surface area contributed by atoms with Crippen LogP contribution in [0.1, 0.15) is 43.4 Å². The first kappa shape index (κ1) is 12.0. The Morgan fingerprint density at radius 2 is 1.55 bits per heavy atom. The highest BCUT2D eigenvalue weighted by atomic mass is 14.4. The second-order valence-electron chi connectivity index (χ2n) is 7.08. The van der Waals surface area contributed by atoms with Crippen molar-refractivity contribution in [2.45, 2.75) is 26.7 Å². The molecule has 20 heavy (non-hydrogen) atoms. The summed E-state index contributed by atoms with van der Waals surface area (Å²) in [5.41, 5.74) is 7.54. The van der Waals surface area contributed by atoms with E-state index >= 15 is 0 Å². The van der Waals surface area contributed by atoms with Crippen LogP contribution in [0.2, 0.25) is 0 Å². The van der Waals surface area contributed by atoms with Crippen molar-refractivity contribution in [3.8, 4) is 0 Å². The van der Waals surface area contributed by atoms with Crippen LogP contribution in [0.5, 0.6) is 0 Å². The van der Waals surface area contributed by atoms with Gasteiger partial charge in [-0.25, -0.2) is 0 Å². The molecule has 0 radical (unpaired) electrons. The monoisotopic (exact) mass is 260 g/mol. The first-order valence-electron chi connectivity index (χ1n) is 7.48. The SMILES string of the molecule is CC(C)(C)C1=C2C=Cc3cccc4c3C2C(C=C1)C=C4. The number of hydrogen-bond acceptors (Lipinski definition) is 0. The Hall–Kier alpha value is -1.82. The Morgan fingerprint density at radius 1 is 0.850 bits per heavy atom. The van der Waals surface area contributed by atoms with E-state index in [2.05, 4.69) is 75.4 Å². The first-order chi connectivity index (χ1) is 9.55. The number of rotatable bonds is 0. The minimum atomic E-state index is 0.203. The minimum Gasteiger partial charge on any atom is -0.0764 e. The summed E-state index contributed by atoms with van der Waals surface area (Å²) in [4.78, 5) is 0. The molecule has 0 heterocycles. The van der Waals surface area contributed by atoms with Crippen molar-refractivity contribution < 1.29 is 0 Å².